The van der Waals surface area contributed by atoms with Crippen molar-refractivity contribution in [2.45, 2.75) is 12.5 Å². The lowest BCUT2D eigenvalue weighted by Gasteiger charge is -2.27. The molecule has 1 aliphatic rings. The number of nitrogens with zero attached hydrogens (tertiary/aromatic N) is 3. The van der Waals surface area contributed by atoms with E-state index in [4.69, 9.17) is 14.2 Å². The van der Waals surface area contributed by atoms with Crippen LogP contribution < -0.4 is 9.47 Å². The van der Waals surface area contributed by atoms with Gasteiger partial charge in [0.1, 0.15) is 29.7 Å². The van der Waals surface area contributed by atoms with E-state index in [0.717, 1.165) is 0 Å². The van der Waals surface area contributed by atoms with E-state index in [1.807, 2.05) is 0 Å². The third-order valence-electron chi connectivity index (χ3n) is 6.42. The second-order valence-corrected chi connectivity index (χ2v) is 8.82. The lowest BCUT2D eigenvalue weighted by atomic mass is 9.97. The van der Waals surface area contributed by atoms with Gasteiger partial charge in [-0.25, -0.2) is 13.8 Å². The summed E-state index contributed by atoms with van der Waals surface area (Å²) in [5, 5.41) is 5.92. The van der Waals surface area contributed by atoms with E-state index in [9.17, 15) is 18.4 Å². The molecular formula is C29H29F2N3O5. The van der Waals surface area contributed by atoms with Gasteiger partial charge < -0.3 is 19.1 Å². The molecule has 0 N–H and O–H groups in total. The first-order chi connectivity index (χ1) is 18.9. The highest BCUT2D eigenvalue weighted by Gasteiger charge is 2.35. The van der Waals surface area contributed by atoms with Crippen LogP contribution in [0.1, 0.15) is 33.9 Å². The van der Waals surface area contributed by atoms with Crippen LogP contribution in [0.25, 0.3) is 0 Å². The van der Waals surface area contributed by atoms with Crippen molar-refractivity contribution in [3.8, 4) is 11.5 Å². The number of ether oxygens (including phenoxy) is 3. The number of carbonyl (C=O) groups is 2. The first-order valence-electron chi connectivity index (χ1n) is 12.3. The van der Waals surface area contributed by atoms with Crippen LogP contribution in [0.4, 0.5) is 8.78 Å². The molecule has 3 aromatic carbocycles. The van der Waals surface area contributed by atoms with Crippen LogP contribution in [0.3, 0.4) is 0 Å². The fourth-order valence-electron chi connectivity index (χ4n) is 4.38. The fourth-order valence-corrected chi connectivity index (χ4v) is 4.38. The molecule has 0 saturated carbocycles. The Hall–Kier alpha value is -4.31. The van der Waals surface area contributed by atoms with Gasteiger partial charge in [-0.1, -0.05) is 24.3 Å². The summed E-state index contributed by atoms with van der Waals surface area (Å²) in [7, 11) is 4.54. The van der Waals surface area contributed by atoms with Gasteiger partial charge in [-0.2, -0.15) is 5.10 Å². The van der Waals surface area contributed by atoms with Gasteiger partial charge in [0.05, 0.1) is 38.1 Å². The highest BCUT2D eigenvalue weighted by Crippen LogP contribution is 2.36. The number of amides is 2. The molecule has 10 heteroatoms. The molecule has 4 rings (SSSR count). The van der Waals surface area contributed by atoms with Crippen molar-refractivity contribution in [2.24, 2.45) is 5.10 Å². The number of rotatable bonds is 10. The molecule has 0 saturated heterocycles. The minimum Gasteiger partial charge on any atom is -0.497 e. The monoisotopic (exact) mass is 537 g/mol. The second kappa shape index (κ2) is 12.5. The van der Waals surface area contributed by atoms with Gasteiger partial charge >= 0.3 is 0 Å². The van der Waals surface area contributed by atoms with Gasteiger partial charge in [-0.05, 0) is 42.0 Å². The summed E-state index contributed by atoms with van der Waals surface area (Å²) >= 11 is 0. The lowest BCUT2D eigenvalue weighted by molar-refractivity contribution is -0.133. The number of halogens is 2. The van der Waals surface area contributed by atoms with E-state index in [-0.39, 0.29) is 25.3 Å². The normalized spacial score (nSPS) is 14.6. The molecule has 8 nitrogen and oxygen atoms in total. The van der Waals surface area contributed by atoms with E-state index in [1.54, 1.807) is 43.5 Å². The Labute approximate surface area is 225 Å². The van der Waals surface area contributed by atoms with Gasteiger partial charge in [-0.3, -0.25) is 9.59 Å². The van der Waals surface area contributed by atoms with Crippen LogP contribution in [-0.2, 0) is 9.53 Å². The van der Waals surface area contributed by atoms with Crippen molar-refractivity contribution in [3.63, 3.8) is 0 Å². The van der Waals surface area contributed by atoms with Crippen molar-refractivity contribution in [3.05, 3.63) is 95.1 Å². The smallest absolute Gasteiger partial charge is 0.262 e. The summed E-state index contributed by atoms with van der Waals surface area (Å²) in [4.78, 5) is 28.1. The number of carbonyl (C=O) groups excluding carboxylic acids is 2. The molecular weight excluding hydrogens is 508 g/mol. The van der Waals surface area contributed by atoms with Crippen molar-refractivity contribution in [2.75, 3.05) is 41.0 Å². The molecule has 2 amide bonds. The first kappa shape index (κ1) is 27.7. The SMILES string of the molecule is COCCN(CC(=O)N1N=C(c2ccc(OC)cc2OC)CC1c1ccc(F)cc1)C(=O)c1ccccc1F. The van der Waals surface area contributed by atoms with Crippen molar-refractivity contribution < 1.29 is 32.6 Å². The molecule has 1 heterocycles. The quantitative estimate of drug-likeness (QED) is 0.382. The lowest BCUT2D eigenvalue weighted by Crippen LogP contribution is -2.43. The zero-order valence-corrected chi connectivity index (χ0v) is 21.9. The molecule has 0 spiro atoms. The number of benzene rings is 3. The molecule has 0 aromatic heterocycles. The Morgan fingerprint density at radius 1 is 1.00 bits per heavy atom. The average molecular weight is 538 g/mol. The third-order valence-corrected chi connectivity index (χ3v) is 6.42. The number of hydrogen-bond acceptors (Lipinski definition) is 6. The largest absolute Gasteiger partial charge is 0.497 e. The van der Waals surface area contributed by atoms with Crippen LogP contribution in [-0.4, -0.2) is 68.5 Å². The summed E-state index contributed by atoms with van der Waals surface area (Å²) in [5.74, 6) is -1.12. The Kier molecular flexibility index (Phi) is 8.88. The average Bonchev–Trinajstić information content (AvgIpc) is 3.40. The molecule has 0 radical (unpaired) electrons. The van der Waals surface area contributed by atoms with E-state index in [2.05, 4.69) is 5.10 Å². The summed E-state index contributed by atoms with van der Waals surface area (Å²) < 4.78 is 44.0. The maximum atomic E-state index is 14.4. The zero-order chi connectivity index (χ0) is 27.9. The molecule has 39 heavy (non-hydrogen) atoms. The summed E-state index contributed by atoms with van der Waals surface area (Å²) in [6.07, 6.45) is 0.319. The highest BCUT2D eigenvalue weighted by molar-refractivity contribution is 6.05. The first-order valence-corrected chi connectivity index (χ1v) is 12.3. The van der Waals surface area contributed by atoms with Crippen molar-refractivity contribution in [1.29, 1.82) is 0 Å². The zero-order valence-electron chi connectivity index (χ0n) is 21.9. The second-order valence-electron chi connectivity index (χ2n) is 8.82. The van der Waals surface area contributed by atoms with Crippen LogP contribution in [0.2, 0.25) is 0 Å². The molecule has 1 atom stereocenters. The standard InChI is InChI=1S/C29H29F2N3O5/c1-37-15-14-33(29(36)22-6-4-5-7-24(22)31)18-28(35)34-26(19-8-10-20(30)11-9-19)17-25(32-34)23-13-12-21(38-2)16-27(23)39-3/h4-13,16,26H,14-15,17-18H2,1-3H3. The molecule has 0 bridgehead atoms. The van der Waals surface area contributed by atoms with Gasteiger partial charge in [0.2, 0.25) is 0 Å². The van der Waals surface area contributed by atoms with Crippen molar-refractivity contribution in [1.82, 2.24) is 9.91 Å². The number of methoxy groups -OCH3 is 3. The van der Waals surface area contributed by atoms with Gasteiger partial charge in [0, 0.05) is 31.7 Å². The van der Waals surface area contributed by atoms with Crippen molar-refractivity contribution >= 4 is 17.5 Å². The van der Waals surface area contributed by atoms with Gasteiger partial charge in [-0.15, -0.1) is 0 Å². The van der Waals surface area contributed by atoms with E-state index < -0.39 is 29.5 Å². The maximum absolute atomic E-state index is 14.4. The predicted molar refractivity (Wildman–Crippen MR) is 141 cm³/mol. The molecule has 1 aliphatic heterocycles. The van der Waals surface area contributed by atoms with Crippen LogP contribution in [0.5, 0.6) is 11.5 Å². The Bertz CT molecular complexity index is 1360. The van der Waals surface area contributed by atoms with Crippen LogP contribution in [0.15, 0.2) is 71.8 Å². The van der Waals surface area contributed by atoms with E-state index in [1.165, 1.54) is 54.5 Å². The van der Waals surface area contributed by atoms with Crippen LogP contribution >= 0.6 is 0 Å². The highest BCUT2D eigenvalue weighted by atomic mass is 19.1. The number of hydrazone groups is 1. The minimum atomic E-state index is -0.686. The molecule has 0 fully saturated rings. The topological polar surface area (TPSA) is 80.7 Å². The Morgan fingerprint density at radius 2 is 1.74 bits per heavy atom. The Morgan fingerprint density at radius 3 is 2.41 bits per heavy atom. The minimum absolute atomic E-state index is 0.0628. The third kappa shape index (κ3) is 6.23. The Balaban J connectivity index is 1.68. The molecule has 0 aliphatic carbocycles. The number of hydrogen-bond donors (Lipinski definition) is 0. The van der Waals surface area contributed by atoms with E-state index in [0.29, 0.717) is 34.8 Å². The van der Waals surface area contributed by atoms with E-state index >= 15 is 0 Å². The molecule has 204 valence electrons. The fraction of sp³-hybridized carbons (Fsp3) is 0.276. The van der Waals surface area contributed by atoms with Crippen LogP contribution in [0, 0.1) is 11.6 Å². The summed E-state index contributed by atoms with van der Waals surface area (Å²) in [6.45, 7) is -0.162. The maximum Gasteiger partial charge on any atom is 0.262 e. The predicted octanol–water partition coefficient (Wildman–Crippen LogP) is 4.45. The summed E-state index contributed by atoms with van der Waals surface area (Å²) in [6, 6.07) is 16.1. The molecule has 3 aromatic rings. The molecule has 1 unspecified atom stereocenters. The van der Waals surface area contributed by atoms with Gasteiger partial charge in [0.25, 0.3) is 11.8 Å². The van der Waals surface area contributed by atoms with Gasteiger partial charge in [0.15, 0.2) is 0 Å². The summed E-state index contributed by atoms with van der Waals surface area (Å²) in [5.41, 5.74) is 1.75.